The number of anilines is 2. The Kier molecular flexibility index (Phi) is 6.46. The summed E-state index contributed by atoms with van der Waals surface area (Å²) in [7, 11) is 0. The molecule has 5 N–H and O–H groups in total. The van der Waals surface area contributed by atoms with E-state index in [0.717, 1.165) is 21.7 Å². The van der Waals surface area contributed by atoms with Gasteiger partial charge >= 0.3 is 0 Å². The van der Waals surface area contributed by atoms with E-state index < -0.39 is 17.1 Å². The van der Waals surface area contributed by atoms with Crippen molar-refractivity contribution in [2.75, 3.05) is 5.32 Å². The lowest BCUT2D eigenvalue weighted by Gasteiger charge is -2.44. The number of aryl methyl sites for hydroxylation is 1. The highest BCUT2D eigenvalue weighted by atomic mass is 32.1. The highest BCUT2D eigenvalue weighted by Crippen LogP contribution is 2.50. The number of nitrogens with two attached hydrogens (primary N) is 1. The fraction of sp³-hybridized carbons (Fsp3) is 0.440. The van der Waals surface area contributed by atoms with Gasteiger partial charge in [0.25, 0.3) is 0 Å². The van der Waals surface area contributed by atoms with Crippen LogP contribution in [0.4, 0.5) is 11.6 Å². The first-order chi connectivity index (χ1) is 16.0. The summed E-state index contributed by atoms with van der Waals surface area (Å²) < 4.78 is 0. The van der Waals surface area contributed by atoms with Crippen LogP contribution in [-0.2, 0) is 10.4 Å². The minimum Gasteiger partial charge on any atom is -0.387 e. The van der Waals surface area contributed by atoms with Gasteiger partial charge in [0.2, 0.25) is 11.9 Å². The number of nitrogens with zero attached hydrogens (tertiary/aromatic N) is 3. The van der Waals surface area contributed by atoms with Crippen LogP contribution < -0.4 is 11.1 Å². The number of primary amides is 1. The maximum absolute atomic E-state index is 11.9. The number of aromatic nitrogens is 3. The number of hydrogen-bond donors (Lipinski definition) is 4. The van der Waals surface area contributed by atoms with Crippen LogP contribution in [0.15, 0.2) is 36.7 Å². The van der Waals surface area contributed by atoms with Gasteiger partial charge in [0.1, 0.15) is 10.6 Å². The van der Waals surface area contributed by atoms with E-state index in [0.29, 0.717) is 35.9 Å². The predicted molar refractivity (Wildman–Crippen MR) is 132 cm³/mol. The molecular weight excluding hydrogens is 450 g/mol. The summed E-state index contributed by atoms with van der Waals surface area (Å²) in [6, 6.07) is 7.72. The van der Waals surface area contributed by atoms with Crippen molar-refractivity contribution in [2.45, 2.75) is 58.7 Å². The second-order valence-corrected chi connectivity index (χ2v) is 10.9. The van der Waals surface area contributed by atoms with Gasteiger partial charge < -0.3 is 21.3 Å². The zero-order valence-electron chi connectivity index (χ0n) is 19.9. The van der Waals surface area contributed by atoms with Gasteiger partial charge in [0.05, 0.1) is 16.7 Å². The monoisotopic (exact) mass is 481 g/mol. The highest BCUT2D eigenvalue weighted by molar-refractivity contribution is 7.15. The van der Waals surface area contributed by atoms with Crippen LogP contribution in [0.1, 0.15) is 62.4 Å². The van der Waals surface area contributed by atoms with Gasteiger partial charge in [-0.15, -0.1) is 11.3 Å². The molecule has 0 radical (unpaired) electrons. The van der Waals surface area contributed by atoms with Gasteiger partial charge in [-0.25, -0.2) is 15.0 Å². The summed E-state index contributed by atoms with van der Waals surface area (Å²) in [6.45, 7) is 7.63. The number of aliphatic hydroxyl groups is 2. The van der Waals surface area contributed by atoms with Gasteiger partial charge in [-0.1, -0.05) is 19.9 Å². The Morgan fingerprint density at radius 3 is 2.74 bits per heavy atom. The van der Waals surface area contributed by atoms with Crippen molar-refractivity contribution in [3.63, 3.8) is 0 Å². The van der Waals surface area contributed by atoms with E-state index in [1.54, 1.807) is 25.4 Å². The van der Waals surface area contributed by atoms with Crippen molar-refractivity contribution in [1.82, 2.24) is 15.0 Å². The number of carbonyl (C=O) groups is 1. The molecule has 1 fully saturated rings. The lowest BCUT2D eigenvalue weighted by Crippen LogP contribution is -2.46. The van der Waals surface area contributed by atoms with Crippen molar-refractivity contribution < 1.29 is 15.0 Å². The van der Waals surface area contributed by atoms with Crippen LogP contribution in [0.5, 0.6) is 0 Å². The molecule has 0 aliphatic heterocycles. The zero-order chi connectivity index (χ0) is 24.7. The predicted octanol–water partition coefficient (Wildman–Crippen LogP) is 4.20. The Morgan fingerprint density at radius 1 is 1.29 bits per heavy atom. The molecule has 2 heterocycles. The molecule has 1 aliphatic carbocycles. The molecule has 3 atom stereocenters. The molecule has 2 aromatic heterocycles. The van der Waals surface area contributed by atoms with Crippen molar-refractivity contribution in [2.24, 2.45) is 17.1 Å². The van der Waals surface area contributed by atoms with E-state index in [2.05, 4.69) is 26.3 Å². The molecule has 9 heteroatoms. The van der Waals surface area contributed by atoms with E-state index in [1.807, 2.05) is 32.9 Å². The Hall–Kier alpha value is -2.88. The zero-order valence-corrected chi connectivity index (χ0v) is 20.7. The average Bonchev–Trinajstić information content (AvgIpc) is 3.24. The third-order valence-electron chi connectivity index (χ3n) is 6.51. The van der Waals surface area contributed by atoms with Crippen LogP contribution in [-0.4, -0.2) is 31.1 Å². The molecule has 1 amide bonds. The third kappa shape index (κ3) is 4.96. The molecule has 0 unspecified atom stereocenters. The number of thiazole rings is 1. The second kappa shape index (κ2) is 9.05. The molecule has 1 aromatic carbocycles. The summed E-state index contributed by atoms with van der Waals surface area (Å²) in [6.07, 6.45) is 4.14. The van der Waals surface area contributed by atoms with Gasteiger partial charge in [-0.2, -0.15) is 0 Å². The number of amides is 1. The minimum absolute atomic E-state index is 0.257. The van der Waals surface area contributed by atoms with Crippen molar-refractivity contribution >= 4 is 28.9 Å². The average molecular weight is 482 g/mol. The van der Waals surface area contributed by atoms with Crippen LogP contribution in [0.25, 0.3) is 10.4 Å². The van der Waals surface area contributed by atoms with E-state index in [4.69, 9.17) is 5.73 Å². The van der Waals surface area contributed by atoms with Crippen LogP contribution in [0, 0.1) is 18.3 Å². The molecule has 180 valence electrons. The Labute approximate surface area is 203 Å². The third-order valence-corrected chi connectivity index (χ3v) is 7.75. The fourth-order valence-corrected chi connectivity index (χ4v) is 5.88. The molecule has 3 aromatic rings. The fourth-order valence-electron chi connectivity index (χ4n) is 4.86. The van der Waals surface area contributed by atoms with Crippen LogP contribution in [0.2, 0.25) is 0 Å². The number of benzene rings is 1. The molecule has 8 nitrogen and oxygen atoms in total. The lowest BCUT2D eigenvalue weighted by atomic mass is 9.63. The summed E-state index contributed by atoms with van der Waals surface area (Å²) in [4.78, 5) is 26.0. The van der Waals surface area contributed by atoms with E-state index in [-0.39, 0.29) is 11.8 Å². The molecule has 1 saturated carbocycles. The molecule has 0 spiro atoms. The number of hydrogen-bond acceptors (Lipinski definition) is 8. The number of rotatable bonds is 6. The summed E-state index contributed by atoms with van der Waals surface area (Å²) in [5.74, 6) is -0.163. The van der Waals surface area contributed by atoms with E-state index in [1.165, 1.54) is 11.3 Å². The number of nitrogens with one attached hydrogen (secondary N) is 1. The van der Waals surface area contributed by atoms with Gasteiger partial charge in [0.15, 0.2) is 0 Å². The largest absolute Gasteiger partial charge is 0.387 e. The van der Waals surface area contributed by atoms with Gasteiger partial charge in [-0.05, 0) is 67.9 Å². The molecule has 0 bridgehead atoms. The quantitative estimate of drug-likeness (QED) is 0.414. The Bertz CT molecular complexity index is 1210. The normalized spacial score (nSPS) is 22.8. The highest BCUT2D eigenvalue weighted by Gasteiger charge is 2.48. The lowest BCUT2D eigenvalue weighted by molar-refractivity contribution is -0.134. The SMILES string of the molecule is Cc1cc(Nc2nccc([C@H](C)O)n2)cc(-c2cnc([C@@]3(O)CC[C@H](C(N)=O)C(C)(C)C3)s2)c1. The van der Waals surface area contributed by atoms with Crippen LogP contribution in [0.3, 0.4) is 0 Å². The first kappa shape index (κ1) is 24.3. The standard InChI is InChI=1S/C25H31N5O3S/c1-14-9-16(11-17(10-14)29-23-27-8-6-19(30-23)15(2)31)20-12-28-22(34-20)25(33)7-5-18(21(26)32)24(3,4)13-25/h6,8-12,15,18,31,33H,5,7,13H2,1-4H3,(H2,26,32)(H,27,29,30)/t15-,18+,25+/m0/s1. The smallest absolute Gasteiger partial charge is 0.227 e. The van der Waals surface area contributed by atoms with Crippen molar-refractivity contribution in [3.05, 3.63) is 52.9 Å². The van der Waals surface area contributed by atoms with Crippen molar-refractivity contribution in [3.8, 4) is 10.4 Å². The topological polar surface area (TPSA) is 134 Å². The maximum atomic E-state index is 11.9. The van der Waals surface area contributed by atoms with E-state index >= 15 is 0 Å². The van der Waals surface area contributed by atoms with Gasteiger partial charge in [0, 0.05) is 24.0 Å². The summed E-state index contributed by atoms with van der Waals surface area (Å²) >= 11 is 1.46. The molecule has 34 heavy (non-hydrogen) atoms. The summed E-state index contributed by atoms with van der Waals surface area (Å²) in [5.41, 5.74) is 7.47. The van der Waals surface area contributed by atoms with Crippen molar-refractivity contribution in [1.29, 1.82) is 0 Å². The molecular formula is C25H31N5O3S. The Morgan fingerprint density at radius 2 is 2.06 bits per heavy atom. The Balaban J connectivity index is 1.59. The van der Waals surface area contributed by atoms with Gasteiger partial charge in [-0.3, -0.25) is 4.79 Å². The minimum atomic E-state index is -1.08. The molecule has 4 rings (SSSR count). The number of aliphatic hydroxyl groups excluding tert-OH is 1. The summed E-state index contributed by atoms with van der Waals surface area (Å²) in [5, 5.41) is 25.1. The molecule has 1 aliphatic rings. The first-order valence-corrected chi connectivity index (χ1v) is 12.2. The first-order valence-electron chi connectivity index (χ1n) is 11.3. The van der Waals surface area contributed by atoms with E-state index in [9.17, 15) is 15.0 Å². The maximum Gasteiger partial charge on any atom is 0.227 e. The van der Waals surface area contributed by atoms with Crippen LogP contribution >= 0.6 is 11.3 Å². The number of carbonyl (C=O) groups excluding carboxylic acids is 1. The molecule has 0 saturated heterocycles. The second-order valence-electron chi connectivity index (χ2n) is 9.91.